The zero-order chi connectivity index (χ0) is 23.6. The fourth-order valence-corrected chi connectivity index (χ4v) is 3.66. The Morgan fingerprint density at radius 2 is 1.85 bits per heavy atom. The first-order valence-corrected chi connectivity index (χ1v) is 11.3. The number of ether oxygens (including phenoxy) is 1. The molecule has 0 amide bonds. The molecule has 7 nitrogen and oxygen atoms in total. The molecule has 2 aromatic carbocycles. The lowest BCUT2D eigenvalue weighted by atomic mass is 10.1. The number of rotatable bonds is 6. The van der Waals surface area contributed by atoms with E-state index in [2.05, 4.69) is 26.8 Å². The van der Waals surface area contributed by atoms with Crippen molar-refractivity contribution in [2.45, 2.75) is 12.5 Å². The molecule has 5 rings (SSSR count). The molecule has 34 heavy (non-hydrogen) atoms. The van der Waals surface area contributed by atoms with E-state index in [4.69, 9.17) is 10.00 Å². The maximum atomic E-state index is 9.15. The third-order valence-electron chi connectivity index (χ3n) is 5.44. The zero-order valence-electron chi connectivity index (χ0n) is 19.2. The highest BCUT2D eigenvalue weighted by Gasteiger charge is 2.21. The first-order chi connectivity index (χ1) is 16.7. The number of nitriles is 1. The van der Waals surface area contributed by atoms with Crippen LogP contribution in [0.5, 0.6) is 5.88 Å². The summed E-state index contributed by atoms with van der Waals surface area (Å²) >= 11 is 0. The van der Waals surface area contributed by atoms with Crippen LogP contribution < -0.4 is 15.4 Å². The molecule has 0 fully saturated rings. The van der Waals surface area contributed by atoms with Crippen LogP contribution in [0.1, 0.15) is 11.1 Å². The summed E-state index contributed by atoms with van der Waals surface area (Å²) in [6.45, 7) is 2.22. The standard InChI is InChI=1S/C21H22N6O.C6H6/c1-27-14-18(11-26-27)17-8-20-21(25-10-17)28-19(13-24-20)12-23-7-6-15-4-2-3-5-16(15)9-22;1-2-4-6-5-3-1/h2-5,8,10-11,14,19,23-24H,6-7,12-13H2,1H3;1-6H. The van der Waals surface area contributed by atoms with Gasteiger partial charge in [-0.3, -0.25) is 4.68 Å². The topological polar surface area (TPSA) is 87.8 Å². The van der Waals surface area contributed by atoms with Crippen molar-refractivity contribution in [1.82, 2.24) is 20.1 Å². The Morgan fingerprint density at radius 1 is 1.09 bits per heavy atom. The molecule has 0 spiro atoms. The van der Waals surface area contributed by atoms with Gasteiger partial charge in [0.15, 0.2) is 0 Å². The van der Waals surface area contributed by atoms with Crippen LogP contribution in [-0.2, 0) is 13.5 Å². The molecule has 1 atom stereocenters. The largest absolute Gasteiger partial charge is 0.470 e. The van der Waals surface area contributed by atoms with Gasteiger partial charge in [0.1, 0.15) is 6.10 Å². The molecule has 0 saturated heterocycles. The van der Waals surface area contributed by atoms with Gasteiger partial charge >= 0.3 is 0 Å². The lowest BCUT2D eigenvalue weighted by Gasteiger charge is -2.27. The van der Waals surface area contributed by atoms with E-state index in [1.54, 1.807) is 4.68 Å². The van der Waals surface area contributed by atoms with E-state index in [9.17, 15) is 0 Å². The van der Waals surface area contributed by atoms with Gasteiger partial charge in [0.25, 0.3) is 0 Å². The molecule has 0 aliphatic carbocycles. The predicted octanol–water partition coefficient (Wildman–Crippen LogP) is 4.05. The molecule has 1 aliphatic heterocycles. The number of nitrogens with zero attached hydrogens (tertiary/aromatic N) is 4. The summed E-state index contributed by atoms with van der Waals surface area (Å²) in [5, 5.41) is 20.2. The van der Waals surface area contributed by atoms with Crippen LogP contribution in [0.15, 0.2) is 85.3 Å². The second kappa shape index (κ2) is 11.6. The number of nitrogens with one attached hydrogen (secondary N) is 2. The van der Waals surface area contributed by atoms with Gasteiger partial charge in [-0.1, -0.05) is 54.6 Å². The van der Waals surface area contributed by atoms with E-state index in [1.807, 2.05) is 92.4 Å². The molecule has 2 aromatic heterocycles. The van der Waals surface area contributed by atoms with Crippen LogP contribution in [0.4, 0.5) is 5.69 Å². The smallest absolute Gasteiger partial charge is 0.237 e. The molecule has 172 valence electrons. The molecule has 3 heterocycles. The van der Waals surface area contributed by atoms with Crippen LogP contribution in [0.3, 0.4) is 0 Å². The van der Waals surface area contributed by atoms with Gasteiger partial charge in [0, 0.05) is 37.1 Å². The van der Waals surface area contributed by atoms with E-state index in [-0.39, 0.29) is 6.10 Å². The molecule has 0 saturated carbocycles. The number of pyridine rings is 1. The molecule has 0 radical (unpaired) electrons. The van der Waals surface area contributed by atoms with E-state index < -0.39 is 0 Å². The van der Waals surface area contributed by atoms with Crippen molar-refractivity contribution in [3.8, 4) is 23.1 Å². The van der Waals surface area contributed by atoms with Gasteiger partial charge in [-0.25, -0.2) is 4.98 Å². The van der Waals surface area contributed by atoms with E-state index in [1.165, 1.54) is 0 Å². The SMILES string of the molecule is Cn1cc(-c2cnc3c(c2)NCC(CNCCc2ccccc2C#N)O3)cn1.c1ccccc1. The summed E-state index contributed by atoms with van der Waals surface area (Å²) in [7, 11) is 1.90. The monoisotopic (exact) mass is 452 g/mol. The highest BCUT2D eigenvalue weighted by atomic mass is 16.5. The Kier molecular flexibility index (Phi) is 7.88. The van der Waals surface area contributed by atoms with E-state index >= 15 is 0 Å². The summed E-state index contributed by atoms with van der Waals surface area (Å²) in [5.41, 5.74) is 4.75. The highest BCUT2D eigenvalue weighted by molar-refractivity contribution is 5.69. The van der Waals surface area contributed by atoms with Crippen molar-refractivity contribution in [2.24, 2.45) is 7.05 Å². The van der Waals surface area contributed by atoms with Gasteiger partial charge in [-0.15, -0.1) is 0 Å². The van der Waals surface area contributed by atoms with Crippen LogP contribution in [0.25, 0.3) is 11.1 Å². The average Bonchev–Trinajstić information content (AvgIpc) is 3.34. The van der Waals surface area contributed by atoms with Crippen molar-refractivity contribution in [3.63, 3.8) is 0 Å². The second-order valence-corrected chi connectivity index (χ2v) is 7.98. The minimum Gasteiger partial charge on any atom is -0.470 e. The fraction of sp³-hybridized carbons (Fsp3) is 0.222. The van der Waals surface area contributed by atoms with E-state index in [0.717, 1.165) is 40.9 Å². The summed E-state index contributed by atoms with van der Waals surface area (Å²) in [5.74, 6) is 0.625. The third-order valence-corrected chi connectivity index (χ3v) is 5.44. The quantitative estimate of drug-likeness (QED) is 0.429. The highest BCUT2D eigenvalue weighted by Crippen LogP contribution is 2.30. The molecule has 1 aliphatic rings. The zero-order valence-corrected chi connectivity index (χ0v) is 19.2. The van der Waals surface area contributed by atoms with Gasteiger partial charge < -0.3 is 15.4 Å². The molecule has 7 heteroatoms. The number of benzene rings is 2. The minimum absolute atomic E-state index is 0.00968. The first-order valence-electron chi connectivity index (χ1n) is 11.3. The number of hydrogen-bond acceptors (Lipinski definition) is 6. The Labute approximate surface area is 200 Å². The number of hydrogen-bond donors (Lipinski definition) is 2. The predicted molar refractivity (Wildman–Crippen MR) is 134 cm³/mol. The molecule has 4 aromatic rings. The van der Waals surface area contributed by atoms with Crippen molar-refractivity contribution in [2.75, 3.05) is 25.0 Å². The summed E-state index contributed by atoms with van der Waals surface area (Å²) < 4.78 is 7.79. The fourth-order valence-electron chi connectivity index (χ4n) is 3.66. The summed E-state index contributed by atoms with van der Waals surface area (Å²) in [4.78, 5) is 4.47. The van der Waals surface area contributed by atoms with Crippen molar-refractivity contribution in [1.29, 1.82) is 5.26 Å². The Hall–Kier alpha value is -4.15. The number of anilines is 1. The number of aromatic nitrogens is 3. The Balaban J connectivity index is 0.000000398. The van der Waals surface area contributed by atoms with Gasteiger partial charge in [0.2, 0.25) is 5.88 Å². The molecule has 0 bridgehead atoms. The number of fused-ring (bicyclic) bond motifs is 1. The van der Waals surface area contributed by atoms with Crippen LogP contribution >= 0.6 is 0 Å². The van der Waals surface area contributed by atoms with Gasteiger partial charge in [-0.05, 0) is 30.7 Å². The lowest BCUT2D eigenvalue weighted by Crippen LogP contribution is -2.40. The first kappa shape index (κ1) is 23.0. The molecule has 2 N–H and O–H groups in total. The van der Waals surface area contributed by atoms with Gasteiger partial charge in [0.05, 0.1) is 30.1 Å². The molecular formula is C27H28N6O. The Morgan fingerprint density at radius 3 is 2.56 bits per heavy atom. The molecular weight excluding hydrogens is 424 g/mol. The van der Waals surface area contributed by atoms with Crippen molar-refractivity contribution < 1.29 is 4.74 Å². The van der Waals surface area contributed by atoms with Crippen LogP contribution in [0, 0.1) is 11.3 Å². The summed E-state index contributed by atoms with van der Waals surface area (Å²) in [6, 6.07) is 24.0. The van der Waals surface area contributed by atoms with Gasteiger partial charge in [-0.2, -0.15) is 10.4 Å². The maximum absolute atomic E-state index is 9.15. The maximum Gasteiger partial charge on any atom is 0.237 e. The average molecular weight is 453 g/mol. The Bertz CT molecular complexity index is 1200. The normalized spacial score (nSPS) is 13.9. The lowest BCUT2D eigenvalue weighted by molar-refractivity contribution is 0.194. The van der Waals surface area contributed by atoms with E-state index in [0.29, 0.717) is 19.0 Å². The summed E-state index contributed by atoms with van der Waals surface area (Å²) in [6.07, 6.45) is 6.42. The second-order valence-electron chi connectivity index (χ2n) is 7.98. The van der Waals surface area contributed by atoms with Crippen molar-refractivity contribution >= 4 is 5.69 Å². The number of aryl methyl sites for hydroxylation is 1. The van der Waals surface area contributed by atoms with Crippen molar-refractivity contribution in [3.05, 3.63) is 96.4 Å². The van der Waals surface area contributed by atoms with Crippen LogP contribution in [-0.4, -0.2) is 40.5 Å². The minimum atomic E-state index is 0.00968. The third kappa shape index (κ3) is 6.21. The van der Waals surface area contributed by atoms with Crippen LogP contribution in [0.2, 0.25) is 0 Å². The molecule has 1 unspecified atom stereocenters.